The fourth-order valence-corrected chi connectivity index (χ4v) is 3.57. The molecule has 1 unspecified atom stereocenters. The summed E-state index contributed by atoms with van der Waals surface area (Å²) in [6.45, 7) is 10.0. The summed E-state index contributed by atoms with van der Waals surface area (Å²) in [5.41, 5.74) is 0.525. The molecule has 1 aromatic heterocycles. The van der Waals surface area contributed by atoms with E-state index in [-0.39, 0.29) is 23.3 Å². The van der Waals surface area contributed by atoms with Gasteiger partial charge in [0.2, 0.25) is 0 Å². The molecule has 0 aliphatic rings. The summed E-state index contributed by atoms with van der Waals surface area (Å²) in [6.07, 6.45) is 0.253. The maximum atomic E-state index is 12.4. The van der Waals surface area contributed by atoms with Crippen molar-refractivity contribution >= 4 is 28.5 Å². The molecule has 3 aromatic rings. The van der Waals surface area contributed by atoms with Crippen LogP contribution in [0.15, 0.2) is 47.6 Å². The Bertz CT molecular complexity index is 1170. The molecule has 34 heavy (non-hydrogen) atoms. The number of carbonyl (C=O) groups is 1. The quantitative estimate of drug-likeness (QED) is 0.361. The van der Waals surface area contributed by atoms with Gasteiger partial charge in [-0.25, -0.2) is 14.8 Å². The summed E-state index contributed by atoms with van der Waals surface area (Å²) in [5.74, 6) is 1.12. The van der Waals surface area contributed by atoms with E-state index in [0.717, 1.165) is 11.8 Å². The molecule has 1 heterocycles. The number of nitrogens with zero attached hydrogens (tertiary/aromatic N) is 3. The molecule has 0 fully saturated rings. The number of benzene rings is 2. The number of nitrogens with one attached hydrogen (secondary N) is 2. The van der Waals surface area contributed by atoms with E-state index >= 15 is 0 Å². The second kappa shape index (κ2) is 10.5. The Morgan fingerprint density at radius 3 is 2.56 bits per heavy atom. The zero-order valence-corrected chi connectivity index (χ0v) is 20.1. The average Bonchev–Trinajstić information content (AvgIpc) is 2.75. The largest absolute Gasteiger partial charge is 0.508 e. The molecule has 9 nitrogen and oxygen atoms in total. The fourth-order valence-electron chi connectivity index (χ4n) is 3.57. The second-order valence-corrected chi connectivity index (χ2v) is 9.56. The Morgan fingerprint density at radius 2 is 1.88 bits per heavy atom. The highest BCUT2D eigenvalue weighted by atomic mass is 16.6. The minimum absolute atomic E-state index is 0.0211. The Morgan fingerprint density at radius 1 is 1.15 bits per heavy atom. The third-order valence-electron chi connectivity index (χ3n) is 4.92. The number of anilines is 1. The van der Waals surface area contributed by atoms with Crippen LogP contribution in [0.2, 0.25) is 0 Å². The summed E-state index contributed by atoms with van der Waals surface area (Å²) in [5, 5.41) is 20.0. The first-order valence-corrected chi connectivity index (χ1v) is 11.2. The number of ether oxygens (including phenoxy) is 1. The maximum Gasteiger partial charge on any atom is 0.407 e. The lowest BCUT2D eigenvalue weighted by Gasteiger charge is -2.25. The van der Waals surface area contributed by atoms with Crippen LogP contribution in [0.1, 0.15) is 41.0 Å². The van der Waals surface area contributed by atoms with Crippen LogP contribution in [0.4, 0.5) is 16.3 Å². The number of phenolic OH excluding ortho intramolecular Hbond substituents is 1. The molecule has 0 aliphatic carbocycles. The highest BCUT2D eigenvalue weighted by Crippen LogP contribution is 2.33. The summed E-state index contributed by atoms with van der Waals surface area (Å²) >= 11 is 0. The molecular weight excluding hydrogens is 434 g/mol. The van der Waals surface area contributed by atoms with E-state index in [4.69, 9.17) is 4.74 Å². The van der Waals surface area contributed by atoms with Gasteiger partial charge in [-0.2, -0.15) is 0 Å². The summed E-state index contributed by atoms with van der Waals surface area (Å²) in [7, 11) is 0. The Hall–Kier alpha value is -3.75. The van der Waals surface area contributed by atoms with Crippen molar-refractivity contribution < 1.29 is 14.6 Å². The van der Waals surface area contributed by atoms with Crippen LogP contribution in [0, 0.1) is 10.8 Å². The SMILES string of the molecule is CC(C)CC(CNc1nc(-c2cc(O)ccc2N=O)nc2ccccc12)NC(=O)OC(C)(C)C. The lowest BCUT2D eigenvalue weighted by Crippen LogP contribution is -2.43. The monoisotopic (exact) mass is 465 g/mol. The Kier molecular flexibility index (Phi) is 7.65. The van der Waals surface area contributed by atoms with E-state index in [0.29, 0.717) is 29.4 Å². The molecule has 3 N–H and O–H groups in total. The number of aromatic hydroxyl groups is 1. The molecule has 0 bridgehead atoms. The van der Waals surface area contributed by atoms with Gasteiger partial charge in [-0.1, -0.05) is 26.0 Å². The van der Waals surface area contributed by atoms with Crippen LogP contribution < -0.4 is 10.6 Å². The van der Waals surface area contributed by atoms with E-state index in [1.165, 1.54) is 18.2 Å². The number of carbonyl (C=O) groups excluding carboxylic acids is 1. The molecule has 0 radical (unpaired) electrons. The minimum atomic E-state index is -0.594. The molecule has 9 heteroatoms. The normalized spacial score (nSPS) is 12.4. The van der Waals surface area contributed by atoms with Gasteiger partial charge in [0, 0.05) is 18.0 Å². The van der Waals surface area contributed by atoms with Crippen molar-refractivity contribution in [1.82, 2.24) is 15.3 Å². The van der Waals surface area contributed by atoms with Crippen molar-refractivity contribution in [3.63, 3.8) is 0 Å². The highest BCUT2D eigenvalue weighted by Gasteiger charge is 2.21. The van der Waals surface area contributed by atoms with E-state index in [9.17, 15) is 14.8 Å². The van der Waals surface area contributed by atoms with E-state index in [1.54, 1.807) is 0 Å². The van der Waals surface area contributed by atoms with Gasteiger partial charge in [0.15, 0.2) is 5.82 Å². The summed E-state index contributed by atoms with van der Waals surface area (Å²) in [4.78, 5) is 32.9. The predicted octanol–water partition coefficient (Wildman–Crippen LogP) is 5.75. The first kappa shape index (κ1) is 24.9. The standard InChI is InChI=1S/C25H31N5O4/c1-15(2)12-16(27-24(32)34-25(3,4)5)14-26-22-18-8-6-7-9-20(18)28-23(29-22)19-13-17(31)10-11-21(19)30-33/h6-11,13,15-16,31H,12,14H2,1-5H3,(H,27,32)(H,26,28,29). The number of rotatable bonds is 8. The van der Waals surface area contributed by atoms with Crippen LogP contribution in [-0.2, 0) is 4.74 Å². The third-order valence-corrected chi connectivity index (χ3v) is 4.92. The Labute approximate surface area is 198 Å². The van der Waals surface area contributed by atoms with Gasteiger partial charge >= 0.3 is 6.09 Å². The molecule has 180 valence electrons. The van der Waals surface area contributed by atoms with E-state index in [1.807, 2.05) is 45.0 Å². The van der Waals surface area contributed by atoms with E-state index in [2.05, 4.69) is 39.6 Å². The van der Waals surface area contributed by atoms with Gasteiger partial charge < -0.3 is 20.5 Å². The van der Waals surface area contributed by atoms with Crippen molar-refractivity contribution in [1.29, 1.82) is 0 Å². The summed E-state index contributed by atoms with van der Waals surface area (Å²) in [6, 6.07) is 11.5. The first-order chi connectivity index (χ1) is 16.1. The maximum absolute atomic E-state index is 12.4. The van der Waals surface area contributed by atoms with Crippen molar-refractivity contribution in [3.05, 3.63) is 47.4 Å². The number of alkyl carbamates (subject to hydrolysis) is 1. The molecule has 1 amide bonds. The number of hydrogen-bond donors (Lipinski definition) is 3. The predicted molar refractivity (Wildman–Crippen MR) is 133 cm³/mol. The number of amides is 1. The molecule has 2 aromatic carbocycles. The number of nitroso groups, excluding NO2 is 1. The average molecular weight is 466 g/mol. The molecule has 3 rings (SSSR count). The molecule has 1 atom stereocenters. The number of phenols is 1. The van der Waals surface area contributed by atoms with Gasteiger partial charge in [0.05, 0.1) is 11.1 Å². The van der Waals surface area contributed by atoms with Gasteiger partial charge in [-0.05, 0) is 68.6 Å². The number of hydrogen-bond acceptors (Lipinski definition) is 8. The smallest absolute Gasteiger partial charge is 0.407 e. The van der Waals surface area contributed by atoms with Crippen LogP contribution in [0.5, 0.6) is 5.75 Å². The van der Waals surface area contributed by atoms with Crippen LogP contribution in [0.3, 0.4) is 0 Å². The molecule has 0 saturated heterocycles. The van der Waals surface area contributed by atoms with Gasteiger partial charge in [0.1, 0.15) is 22.9 Å². The highest BCUT2D eigenvalue weighted by molar-refractivity contribution is 5.91. The number of fused-ring (bicyclic) bond motifs is 1. The van der Waals surface area contributed by atoms with Crippen molar-refractivity contribution in [3.8, 4) is 17.1 Å². The van der Waals surface area contributed by atoms with Gasteiger partial charge in [-0.3, -0.25) is 0 Å². The fraction of sp³-hybridized carbons (Fsp3) is 0.400. The second-order valence-electron chi connectivity index (χ2n) is 9.56. The van der Waals surface area contributed by atoms with Crippen molar-refractivity contribution in [2.24, 2.45) is 11.1 Å². The lowest BCUT2D eigenvalue weighted by atomic mass is 10.0. The summed E-state index contributed by atoms with van der Waals surface area (Å²) < 4.78 is 5.42. The number of aromatic nitrogens is 2. The number of para-hydroxylation sites is 1. The minimum Gasteiger partial charge on any atom is -0.508 e. The zero-order chi connectivity index (χ0) is 24.9. The van der Waals surface area contributed by atoms with Crippen LogP contribution in [-0.4, -0.2) is 39.4 Å². The van der Waals surface area contributed by atoms with Gasteiger partial charge in [0.25, 0.3) is 0 Å². The third kappa shape index (κ3) is 6.63. The zero-order valence-electron chi connectivity index (χ0n) is 20.1. The lowest BCUT2D eigenvalue weighted by molar-refractivity contribution is 0.0502. The van der Waals surface area contributed by atoms with Crippen LogP contribution >= 0.6 is 0 Å². The molecule has 0 spiro atoms. The van der Waals surface area contributed by atoms with Crippen LogP contribution in [0.25, 0.3) is 22.3 Å². The van der Waals surface area contributed by atoms with Crippen molar-refractivity contribution in [2.75, 3.05) is 11.9 Å². The first-order valence-electron chi connectivity index (χ1n) is 11.2. The molecular formula is C25H31N5O4. The molecule has 0 saturated carbocycles. The Balaban J connectivity index is 1.93. The molecule has 0 aliphatic heterocycles. The van der Waals surface area contributed by atoms with E-state index < -0.39 is 11.7 Å². The van der Waals surface area contributed by atoms with Crippen molar-refractivity contribution in [2.45, 2.75) is 52.7 Å². The topological polar surface area (TPSA) is 126 Å². The van der Waals surface area contributed by atoms with Gasteiger partial charge in [-0.15, -0.1) is 4.91 Å².